The van der Waals surface area contributed by atoms with Gasteiger partial charge in [0.15, 0.2) is 0 Å². The molecule has 0 radical (unpaired) electrons. The first kappa shape index (κ1) is 14.2. The van der Waals surface area contributed by atoms with E-state index in [1.165, 1.54) is 25.7 Å². The van der Waals surface area contributed by atoms with Gasteiger partial charge in [0, 0.05) is 11.6 Å². The molecule has 1 saturated carbocycles. The zero-order chi connectivity index (χ0) is 13.7. The Labute approximate surface area is 112 Å². The summed E-state index contributed by atoms with van der Waals surface area (Å²) in [4.78, 5) is 0. The van der Waals surface area contributed by atoms with Crippen molar-refractivity contribution in [3.05, 3.63) is 29.8 Å². The Bertz CT molecular complexity index is 395. The Hall–Kier alpha value is -1.20. The maximum absolute atomic E-state index is 12.4. The lowest BCUT2D eigenvalue weighted by Crippen LogP contribution is -2.30. The number of halogens is 2. The van der Waals surface area contributed by atoms with Gasteiger partial charge < -0.3 is 4.74 Å². The van der Waals surface area contributed by atoms with E-state index >= 15 is 0 Å². The van der Waals surface area contributed by atoms with Crippen LogP contribution < -0.4 is 16.0 Å². The molecule has 0 heterocycles. The largest absolute Gasteiger partial charge is 0.434 e. The van der Waals surface area contributed by atoms with Crippen molar-refractivity contribution in [2.24, 2.45) is 11.8 Å². The molecular weight excluding hydrogens is 250 g/mol. The van der Waals surface area contributed by atoms with Crippen LogP contribution in [-0.4, -0.2) is 6.61 Å². The van der Waals surface area contributed by atoms with E-state index in [1.54, 1.807) is 18.2 Å². The van der Waals surface area contributed by atoms with Crippen LogP contribution >= 0.6 is 0 Å². The van der Waals surface area contributed by atoms with Crippen molar-refractivity contribution in [1.82, 2.24) is 5.43 Å². The predicted molar refractivity (Wildman–Crippen MR) is 69.7 cm³/mol. The number of alkyl halides is 2. The van der Waals surface area contributed by atoms with Gasteiger partial charge in [-0.1, -0.05) is 43.9 Å². The summed E-state index contributed by atoms with van der Waals surface area (Å²) >= 11 is 0. The van der Waals surface area contributed by atoms with Crippen LogP contribution in [0.5, 0.6) is 5.75 Å². The third kappa shape index (κ3) is 3.88. The summed E-state index contributed by atoms with van der Waals surface area (Å²) < 4.78 is 29.4. The van der Waals surface area contributed by atoms with Crippen LogP contribution in [0.15, 0.2) is 24.3 Å². The summed E-state index contributed by atoms with van der Waals surface area (Å²) in [6.07, 6.45) is 5.74. The van der Waals surface area contributed by atoms with Gasteiger partial charge in [0.1, 0.15) is 5.75 Å². The Morgan fingerprint density at radius 1 is 1.26 bits per heavy atom. The smallest absolute Gasteiger partial charge is 0.387 e. The molecule has 1 fully saturated rings. The Kier molecular flexibility index (Phi) is 5.10. The first-order valence-electron chi connectivity index (χ1n) is 6.70. The van der Waals surface area contributed by atoms with Gasteiger partial charge in [-0.2, -0.15) is 8.78 Å². The van der Waals surface area contributed by atoms with Gasteiger partial charge in [0.25, 0.3) is 0 Å². The fourth-order valence-corrected chi connectivity index (χ4v) is 2.84. The maximum Gasteiger partial charge on any atom is 0.387 e. The SMILES string of the molecule is NNC(CC1CCCC1)c1ccccc1OC(F)F. The van der Waals surface area contributed by atoms with Gasteiger partial charge >= 0.3 is 6.61 Å². The number of hydrazine groups is 1. The van der Waals surface area contributed by atoms with E-state index in [2.05, 4.69) is 10.2 Å². The molecule has 1 unspecified atom stereocenters. The van der Waals surface area contributed by atoms with Crippen molar-refractivity contribution in [2.45, 2.75) is 44.8 Å². The Morgan fingerprint density at radius 2 is 1.95 bits per heavy atom. The van der Waals surface area contributed by atoms with E-state index in [9.17, 15) is 8.78 Å². The van der Waals surface area contributed by atoms with E-state index in [0.717, 1.165) is 6.42 Å². The molecule has 0 aromatic heterocycles. The normalized spacial score (nSPS) is 17.9. The second-order valence-corrected chi connectivity index (χ2v) is 5.02. The molecule has 106 valence electrons. The van der Waals surface area contributed by atoms with Crippen molar-refractivity contribution in [3.63, 3.8) is 0 Å². The molecule has 2 rings (SSSR count). The molecule has 0 spiro atoms. The van der Waals surface area contributed by atoms with Gasteiger partial charge in [0.05, 0.1) is 0 Å². The first-order chi connectivity index (χ1) is 9.20. The highest BCUT2D eigenvalue weighted by atomic mass is 19.3. The van der Waals surface area contributed by atoms with Gasteiger partial charge in [-0.3, -0.25) is 11.3 Å². The van der Waals surface area contributed by atoms with Gasteiger partial charge in [-0.15, -0.1) is 0 Å². The quantitative estimate of drug-likeness (QED) is 0.615. The van der Waals surface area contributed by atoms with Crippen molar-refractivity contribution in [2.75, 3.05) is 0 Å². The molecule has 3 N–H and O–H groups in total. The van der Waals surface area contributed by atoms with Crippen LogP contribution in [0.2, 0.25) is 0 Å². The van der Waals surface area contributed by atoms with E-state index in [1.807, 2.05) is 6.07 Å². The molecule has 0 amide bonds. The lowest BCUT2D eigenvalue weighted by Gasteiger charge is -2.22. The molecule has 0 saturated heterocycles. The number of rotatable bonds is 6. The highest BCUT2D eigenvalue weighted by molar-refractivity contribution is 5.36. The molecular formula is C14H20F2N2O. The number of hydrogen-bond acceptors (Lipinski definition) is 3. The number of nitrogens with one attached hydrogen (secondary N) is 1. The predicted octanol–water partition coefficient (Wildman–Crippen LogP) is 3.37. The summed E-state index contributed by atoms with van der Waals surface area (Å²) in [5.74, 6) is 6.41. The number of hydrogen-bond donors (Lipinski definition) is 2. The molecule has 1 aliphatic carbocycles. The van der Waals surface area contributed by atoms with Crippen LogP contribution in [0.4, 0.5) is 8.78 Å². The molecule has 0 bridgehead atoms. The first-order valence-corrected chi connectivity index (χ1v) is 6.70. The summed E-state index contributed by atoms with van der Waals surface area (Å²) in [7, 11) is 0. The van der Waals surface area contributed by atoms with Crippen molar-refractivity contribution < 1.29 is 13.5 Å². The van der Waals surface area contributed by atoms with E-state index in [0.29, 0.717) is 11.5 Å². The molecule has 19 heavy (non-hydrogen) atoms. The topological polar surface area (TPSA) is 47.3 Å². The third-order valence-electron chi connectivity index (χ3n) is 3.76. The fourth-order valence-electron chi connectivity index (χ4n) is 2.84. The number of benzene rings is 1. The fraction of sp³-hybridized carbons (Fsp3) is 0.571. The van der Waals surface area contributed by atoms with Gasteiger partial charge in [0.2, 0.25) is 0 Å². The lowest BCUT2D eigenvalue weighted by atomic mass is 9.93. The Morgan fingerprint density at radius 3 is 2.58 bits per heavy atom. The second-order valence-electron chi connectivity index (χ2n) is 5.02. The molecule has 1 aromatic carbocycles. The minimum absolute atomic E-state index is 0.141. The summed E-state index contributed by atoms with van der Waals surface area (Å²) in [6.45, 7) is -2.81. The van der Waals surface area contributed by atoms with Crippen molar-refractivity contribution in [1.29, 1.82) is 0 Å². The van der Waals surface area contributed by atoms with Crippen LogP contribution in [0.3, 0.4) is 0 Å². The van der Waals surface area contributed by atoms with Crippen molar-refractivity contribution >= 4 is 0 Å². The number of nitrogens with two attached hydrogens (primary N) is 1. The van der Waals surface area contributed by atoms with Gasteiger partial charge in [-0.25, -0.2) is 0 Å². The Balaban J connectivity index is 2.12. The molecule has 3 nitrogen and oxygen atoms in total. The molecule has 1 atom stereocenters. The summed E-state index contributed by atoms with van der Waals surface area (Å²) in [5.41, 5.74) is 3.44. The third-order valence-corrected chi connectivity index (χ3v) is 3.76. The molecule has 1 aromatic rings. The van der Waals surface area contributed by atoms with Crippen LogP contribution in [-0.2, 0) is 0 Å². The highest BCUT2D eigenvalue weighted by Gasteiger charge is 2.23. The van der Waals surface area contributed by atoms with E-state index in [-0.39, 0.29) is 11.8 Å². The number of para-hydroxylation sites is 1. The zero-order valence-corrected chi connectivity index (χ0v) is 10.8. The van der Waals surface area contributed by atoms with E-state index < -0.39 is 6.61 Å². The minimum Gasteiger partial charge on any atom is -0.434 e. The van der Waals surface area contributed by atoms with Gasteiger partial charge in [-0.05, 0) is 18.4 Å². The summed E-state index contributed by atoms with van der Waals surface area (Å²) in [5, 5.41) is 0. The zero-order valence-electron chi connectivity index (χ0n) is 10.8. The molecule has 1 aliphatic rings. The second kappa shape index (κ2) is 6.82. The van der Waals surface area contributed by atoms with Crippen LogP contribution in [0.1, 0.15) is 43.7 Å². The average molecular weight is 270 g/mol. The van der Waals surface area contributed by atoms with E-state index in [4.69, 9.17) is 5.84 Å². The monoisotopic (exact) mass is 270 g/mol. The minimum atomic E-state index is -2.81. The van der Waals surface area contributed by atoms with Crippen molar-refractivity contribution in [3.8, 4) is 5.75 Å². The lowest BCUT2D eigenvalue weighted by molar-refractivity contribution is -0.0507. The average Bonchev–Trinajstić information content (AvgIpc) is 2.89. The molecule has 0 aliphatic heterocycles. The standard InChI is InChI=1S/C14H20F2N2O/c15-14(16)19-13-8-4-3-7-11(13)12(18-17)9-10-5-1-2-6-10/h3-4,7-8,10,12,14,18H,1-2,5-6,9,17H2. The van der Waals surface area contributed by atoms with Crippen LogP contribution in [0, 0.1) is 5.92 Å². The number of ether oxygens (including phenoxy) is 1. The summed E-state index contributed by atoms with van der Waals surface area (Å²) in [6, 6.07) is 6.70. The highest BCUT2D eigenvalue weighted by Crippen LogP contribution is 2.35. The van der Waals surface area contributed by atoms with Crippen LogP contribution in [0.25, 0.3) is 0 Å². The molecule has 5 heteroatoms. The maximum atomic E-state index is 12.4.